The van der Waals surface area contributed by atoms with Crippen molar-refractivity contribution in [3.05, 3.63) is 0 Å². The van der Waals surface area contributed by atoms with Crippen LogP contribution in [0.1, 0.15) is 0 Å². The molecule has 0 heterocycles. The van der Waals surface area contributed by atoms with Crippen molar-refractivity contribution in [2.45, 2.75) is 5.00 Å². The van der Waals surface area contributed by atoms with E-state index in [9.17, 15) is 0 Å². The summed E-state index contributed by atoms with van der Waals surface area (Å²) in [4.78, 5) is 0. The molecule has 0 spiro atoms. The van der Waals surface area contributed by atoms with E-state index in [1.165, 1.54) is 21.3 Å². The molecular formula is C5H12Cl2O3Si. The third-order valence-electron chi connectivity index (χ3n) is 1.37. The van der Waals surface area contributed by atoms with Crippen LogP contribution in [0, 0.1) is 0 Å². The monoisotopic (exact) mass is 218 g/mol. The van der Waals surface area contributed by atoms with E-state index < -0.39 is 13.8 Å². The van der Waals surface area contributed by atoms with Gasteiger partial charge in [0.2, 0.25) is 0 Å². The van der Waals surface area contributed by atoms with Crippen molar-refractivity contribution in [3.8, 4) is 0 Å². The van der Waals surface area contributed by atoms with Crippen molar-refractivity contribution < 1.29 is 13.3 Å². The Morgan fingerprint density at radius 2 is 1.55 bits per heavy atom. The van der Waals surface area contributed by atoms with Crippen molar-refractivity contribution in [1.29, 1.82) is 0 Å². The summed E-state index contributed by atoms with van der Waals surface area (Å²) in [5.41, 5.74) is 0. The molecule has 0 aliphatic rings. The third-order valence-corrected chi connectivity index (χ3v) is 5.73. The molecule has 6 heteroatoms. The van der Waals surface area contributed by atoms with E-state index in [2.05, 4.69) is 0 Å². The molecule has 3 nitrogen and oxygen atoms in total. The maximum absolute atomic E-state index is 5.84. The van der Waals surface area contributed by atoms with E-state index in [0.717, 1.165) is 0 Å². The van der Waals surface area contributed by atoms with Crippen LogP contribution in [0.3, 0.4) is 0 Å². The summed E-state index contributed by atoms with van der Waals surface area (Å²) in [6.07, 6.45) is 0. The first-order valence-corrected chi connectivity index (χ1v) is 5.79. The molecule has 1 unspecified atom stereocenters. The van der Waals surface area contributed by atoms with Crippen LogP contribution in [-0.4, -0.2) is 41.0 Å². The summed E-state index contributed by atoms with van der Waals surface area (Å²) in [6.45, 7) is 0. The molecule has 0 aromatic heterocycles. The van der Waals surface area contributed by atoms with Gasteiger partial charge in [0.1, 0.15) is 5.00 Å². The average molecular weight is 219 g/mol. The highest BCUT2D eigenvalue weighted by atomic mass is 35.5. The zero-order chi connectivity index (χ0) is 8.91. The van der Waals surface area contributed by atoms with Gasteiger partial charge in [-0.1, -0.05) is 0 Å². The Labute approximate surface area is 77.9 Å². The maximum Gasteiger partial charge on any atom is 0.520 e. The van der Waals surface area contributed by atoms with Gasteiger partial charge in [0.15, 0.2) is 0 Å². The van der Waals surface area contributed by atoms with Gasteiger partial charge < -0.3 is 13.3 Å². The highest BCUT2D eigenvalue weighted by Gasteiger charge is 2.46. The molecule has 0 rings (SSSR count). The van der Waals surface area contributed by atoms with Crippen molar-refractivity contribution in [3.63, 3.8) is 0 Å². The van der Waals surface area contributed by atoms with Crippen LogP contribution in [-0.2, 0) is 13.3 Å². The maximum atomic E-state index is 5.84. The van der Waals surface area contributed by atoms with E-state index in [-0.39, 0.29) is 5.88 Å². The number of hydrogen-bond donors (Lipinski definition) is 0. The van der Waals surface area contributed by atoms with E-state index in [4.69, 9.17) is 36.5 Å². The number of hydrogen-bond acceptors (Lipinski definition) is 3. The average Bonchev–Trinajstić information content (AvgIpc) is 2.08. The van der Waals surface area contributed by atoms with Gasteiger partial charge in [-0.2, -0.15) is 0 Å². The Balaban J connectivity index is 4.26. The molecule has 0 N–H and O–H groups in total. The second kappa shape index (κ2) is 5.34. The molecule has 11 heavy (non-hydrogen) atoms. The quantitative estimate of drug-likeness (QED) is 0.514. The largest absolute Gasteiger partial charge is 0.520 e. The predicted molar refractivity (Wildman–Crippen MR) is 47.1 cm³/mol. The molecular weight excluding hydrogens is 207 g/mol. The first-order valence-electron chi connectivity index (χ1n) is 3.02. The SMILES string of the molecule is CO[Si](OC)(OC)C(Cl)CCl. The summed E-state index contributed by atoms with van der Waals surface area (Å²) < 4.78 is 15.2. The molecule has 0 saturated heterocycles. The molecule has 0 aromatic rings. The lowest BCUT2D eigenvalue weighted by Gasteiger charge is -2.27. The van der Waals surface area contributed by atoms with Gasteiger partial charge in [-0.3, -0.25) is 0 Å². The summed E-state index contributed by atoms with van der Waals surface area (Å²) in [6, 6.07) is 0. The smallest absolute Gasteiger partial charge is 0.376 e. The van der Waals surface area contributed by atoms with Crippen LogP contribution < -0.4 is 0 Å². The third kappa shape index (κ3) is 2.57. The van der Waals surface area contributed by atoms with Gasteiger partial charge in [0.05, 0.1) is 0 Å². The van der Waals surface area contributed by atoms with Crippen LogP contribution in [0.25, 0.3) is 0 Å². The molecule has 0 fully saturated rings. The first kappa shape index (κ1) is 11.7. The topological polar surface area (TPSA) is 27.7 Å². The van der Waals surface area contributed by atoms with Gasteiger partial charge in [0, 0.05) is 27.2 Å². The van der Waals surface area contributed by atoms with Crippen molar-refractivity contribution in [2.24, 2.45) is 0 Å². The van der Waals surface area contributed by atoms with Gasteiger partial charge in [0.25, 0.3) is 0 Å². The van der Waals surface area contributed by atoms with Crippen molar-refractivity contribution in [1.82, 2.24) is 0 Å². The lowest BCUT2D eigenvalue weighted by molar-refractivity contribution is 0.122. The zero-order valence-electron chi connectivity index (χ0n) is 6.77. The second-order valence-electron chi connectivity index (χ2n) is 1.84. The Hall–Kier alpha value is 0.677. The zero-order valence-corrected chi connectivity index (χ0v) is 9.28. The van der Waals surface area contributed by atoms with Crippen LogP contribution in [0.2, 0.25) is 0 Å². The summed E-state index contributed by atoms with van der Waals surface area (Å²) in [5, 5.41) is -0.399. The van der Waals surface area contributed by atoms with Crippen LogP contribution in [0.15, 0.2) is 0 Å². The summed E-state index contributed by atoms with van der Waals surface area (Å²) in [7, 11) is 1.82. The molecule has 0 radical (unpaired) electrons. The molecule has 0 aliphatic heterocycles. The lowest BCUT2D eigenvalue weighted by Crippen LogP contribution is -2.52. The molecule has 0 aliphatic carbocycles. The Morgan fingerprint density at radius 1 is 1.18 bits per heavy atom. The van der Waals surface area contributed by atoms with E-state index in [1.807, 2.05) is 0 Å². The Kier molecular flexibility index (Phi) is 5.67. The Morgan fingerprint density at radius 3 is 1.64 bits per heavy atom. The van der Waals surface area contributed by atoms with Crippen LogP contribution in [0.5, 0.6) is 0 Å². The fourth-order valence-electron chi connectivity index (χ4n) is 0.728. The minimum absolute atomic E-state index is 0.253. The minimum atomic E-state index is -2.69. The van der Waals surface area contributed by atoms with Gasteiger partial charge in [-0.25, -0.2) is 0 Å². The van der Waals surface area contributed by atoms with Crippen molar-refractivity contribution >= 4 is 32.0 Å². The van der Waals surface area contributed by atoms with Gasteiger partial charge >= 0.3 is 8.80 Å². The number of alkyl halides is 2. The van der Waals surface area contributed by atoms with Crippen molar-refractivity contribution in [2.75, 3.05) is 27.2 Å². The first-order chi connectivity index (χ1) is 5.16. The van der Waals surface area contributed by atoms with Crippen LogP contribution in [0.4, 0.5) is 0 Å². The van der Waals surface area contributed by atoms with E-state index >= 15 is 0 Å². The van der Waals surface area contributed by atoms with E-state index in [0.29, 0.717) is 0 Å². The summed E-state index contributed by atoms with van der Waals surface area (Å²) >= 11 is 11.4. The molecule has 0 saturated carbocycles. The molecule has 0 bridgehead atoms. The standard InChI is InChI=1S/C5H12Cl2O3Si/c1-8-11(9-2,10-3)5(7)4-6/h5H,4H2,1-3H3. The minimum Gasteiger partial charge on any atom is -0.376 e. The number of rotatable bonds is 5. The molecule has 1 atom stereocenters. The van der Waals surface area contributed by atoms with Crippen LogP contribution >= 0.6 is 23.2 Å². The molecule has 0 amide bonds. The summed E-state index contributed by atoms with van der Waals surface area (Å²) in [5.74, 6) is 0.253. The highest BCUT2D eigenvalue weighted by molar-refractivity contribution is 6.72. The van der Waals surface area contributed by atoms with Gasteiger partial charge in [-0.05, 0) is 0 Å². The molecule has 0 aromatic carbocycles. The number of halogens is 2. The highest BCUT2D eigenvalue weighted by Crippen LogP contribution is 2.18. The normalized spacial score (nSPS) is 15.0. The van der Waals surface area contributed by atoms with Gasteiger partial charge in [-0.15, -0.1) is 23.2 Å². The lowest BCUT2D eigenvalue weighted by atomic mass is 10.9. The van der Waals surface area contributed by atoms with E-state index in [1.54, 1.807) is 0 Å². The fourth-order valence-corrected chi connectivity index (χ4v) is 3.55. The fraction of sp³-hybridized carbons (Fsp3) is 1.00. The second-order valence-corrected chi connectivity index (χ2v) is 6.17. The molecule has 68 valence electrons. The Bertz CT molecular complexity index is 102. The predicted octanol–water partition coefficient (Wildman–Crippen LogP) is 1.25.